The molecule has 1 N–H and O–H groups in total. The van der Waals surface area contributed by atoms with Gasteiger partial charge in [-0.1, -0.05) is 0 Å². The van der Waals surface area contributed by atoms with Crippen LogP contribution in [0, 0.1) is 0 Å². The summed E-state index contributed by atoms with van der Waals surface area (Å²) in [6.45, 7) is 6.34. The van der Waals surface area contributed by atoms with Gasteiger partial charge in [-0.05, 0) is 44.0 Å². The number of fused-ring (bicyclic) bond motifs is 1. The number of piperazine rings is 1. The SMILES string of the molecule is CC(O)c1ccnc(N2CCN3CCCC3C2)c1. The highest BCUT2D eigenvalue weighted by Crippen LogP contribution is 2.25. The maximum atomic E-state index is 9.64. The minimum Gasteiger partial charge on any atom is -0.389 e. The summed E-state index contributed by atoms with van der Waals surface area (Å²) in [4.78, 5) is 9.41. The topological polar surface area (TPSA) is 39.6 Å². The average Bonchev–Trinajstić information content (AvgIpc) is 2.86. The highest BCUT2D eigenvalue weighted by Gasteiger charge is 2.30. The number of pyridine rings is 1. The fourth-order valence-corrected chi connectivity index (χ4v) is 3.07. The lowest BCUT2D eigenvalue weighted by Crippen LogP contribution is -2.50. The van der Waals surface area contributed by atoms with Crippen LogP contribution >= 0.6 is 0 Å². The third-order valence-corrected chi connectivity index (χ3v) is 4.16. The van der Waals surface area contributed by atoms with E-state index < -0.39 is 6.10 Å². The van der Waals surface area contributed by atoms with E-state index in [4.69, 9.17) is 0 Å². The van der Waals surface area contributed by atoms with Gasteiger partial charge in [-0.25, -0.2) is 4.98 Å². The first-order valence-electron chi connectivity index (χ1n) is 6.87. The summed E-state index contributed by atoms with van der Waals surface area (Å²) in [6, 6.07) is 4.62. The second kappa shape index (κ2) is 4.86. The van der Waals surface area contributed by atoms with Crippen LogP contribution in [0.25, 0.3) is 0 Å². The molecule has 0 aromatic carbocycles. The Morgan fingerprint density at radius 3 is 3.11 bits per heavy atom. The van der Waals surface area contributed by atoms with Crippen molar-refractivity contribution < 1.29 is 5.11 Å². The van der Waals surface area contributed by atoms with Gasteiger partial charge in [0.25, 0.3) is 0 Å². The first-order valence-corrected chi connectivity index (χ1v) is 6.87. The molecule has 2 fully saturated rings. The number of aliphatic hydroxyl groups is 1. The standard InChI is InChI=1S/C14H21N3O/c1-11(18)12-4-5-15-14(9-12)17-8-7-16-6-2-3-13(16)10-17/h4-5,9,11,13,18H,2-3,6-8,10H2,1H3. The highest BCUT2D eigenvalue weighted by molar-refractivity contribution is 5.42. The van der Waals surface area contributed by atoms with E-state index in [9.17, 15) is 5.11 Å². The first kappa shape index (κ1) is 11.9. The van der Waals surface area contributed by atoms with Crippen LogP contribution in [0.5, 0.6) is 0 Å². The molecule has 0 radical (unpaired) electrons. The van der Waals surface area contributed by atoms with Crippen molar-refractivity contribution in [3.05, 3.63) is 23.9 Å². The Morgan fingerprint density at radius 2 is 2.28 bits per heavy atom. The maximum absolute atomic E-state index is 9.64. The normalized spacial score (nSPS) is 26.1. The van der Waals surface area contributed by atoms with Crippen molar-refractivity contribution in [1.82, 2.24) is 9.88 Å². The van der Waals surface area contributed by atoms with Crippen molar-refractivity contribution in [2.24, 2.45) is 0 Å². The second-order valence-electron chi connectivity index (χ2n) is 5.40. The van der Waals surface area contributed by atoms with Crippen molar-refractivity contribution in [3.63, 3.8) is 0 Å². The zero-order chi connectivity index (χ0) is 12.5. The van der Waals surface area contributed by atoms with E-state index in [1.807, 2.05) is 12.1 Å². The summed E-state index contributed by atoms with van der Waals surface area (Å²) in [6.07, 6.45) is 4.03. The molecule has 0 bridgehead atoms. The lowest BCUT2D eigenvalue weighted by atomic mass is 10.1. The quantitative estimate of drug-likeness (QED) is 0.858. The van der Waals surface area contributed by atoms with E-state index in [0.717, 1.165) is 31.0 Å². The van der Waals surface area contributed by atoms with Crippen LogP contribution in [0.4, 0.5) is 5.82 Å². The van der Waals surface area contributed by atoms with E-state index in [1.165, 1.54) is 19.4 Å². The molecule has 2 aliphatic heterocycles. The predicted molar refractivity (Wildman–Crippen MR) is 71.7 cm³/mol. The summed E-state index contributed by atoms with van der Waals surface area (Å²) < 4.78 is 0. The molecule has 4 heteroatoms. The van der Waals surface area contributed by atoms with Gasteiger partial charge in [-0.3, -0.25) is 4.90 Å². The summed E-state index contributed by atoms with van der Waals surface area (Å²) in [7, 11) is 0. The minimum atomic E-state index is -0.417. The van der Waals surface area contributed by atoms with Crippen LogP contribution in [0.3, 0.4) is 0 Å². The Kier molecular flexibility index (Phi) is 3.22. The molecule has 0 saturated carbocycles. The minimum absolute atomic E-state index is 0.417. The van der Waals surface area contributed by atoms with Crippen molar-refractivity contribution in [1.29, 1.82) is 0 Å². The number of nitrogens with zero attached hydrogens (tertiary/aromatic N) is 3. The van der Waals surface area contributed by atoms with Gasteiger partial charge >= 0.3 is 0 Å². The van der Waals surface area contributed by atoms with Crippen LogP contribution in [0.2, 0.25) is 0 Å². The Balaban J connectivity index is 1.76. The van der Waals surface area contributed by atoms with Gasteiger partial charge in [-0.2, -0.15) is 0 Å². The molecule has 4 nitrogen and oxygen atoms in total. The molecule has 0 aliphatic carbocycles. The molecular weight excluding hydrogens is 226 g/mol. The molecule has 3 heterocycles. The molecule has 2 aliphatic rings. The van der Waals surface area contributed by atoms with Crippen molar-refractivity contribution >= 4 is 5.82 Å². The molecule has 18 heavy (non-hydrogen) atoms. The number of anilines is 1. The van der Waals surface area contributed by atoms with Crippen molar-refractivity contribution in [2.45, 2.75) is 31.9 Å². The van der Waals surface area contributed by atoms with Gasteiger partial charge in [0.05, 0.1) is 6.10 Å². The number of aromatic nitrogens is 1. The molecule has 1 aromatic rings. The number of hydrogen-bond acceptors (Lipinski definition) is 4. The molecule has 2 saturated heterocycles. The van der Waals surface area contributed by atoms with E-state index in [2.05, 4.69) is 14.8 Å². The molecule has 3 rings (SSSR count). The van der Waals surface area contributed by atoms with E-state index >= 15 is 0 Å². The number of aliphatic hydroxyl groups excluding tert-OH is 1. The van der Waals surface area contributed by atoms with E-state index in [0.29, 0.717) is 6.04 Å². The van der Waals surface area contributed by atoms with Gasteiger partial charge in [0.2, 0.25) is 0 Å². The maximum Gasteiger partial charge on any atom is 0.128 e. The van der Waals surface area contributed by atoms with Crippen molar-refractivity contribution in [3.8, 4) is 0 Å². The average molecular weight is 247 g/mol. The van der Waals surface area contributed by atoms with Crippen LogP contribution in [0.1, 0.15) is 31.4 Å². The zero-order valence-corrected chi connectivity index (χ0v) is 10.9. The summed E-state index contributed by atoms with van der Waals surface area (Å²) in [5, 5.41) is 9.64. The Labute approximate surface area is 108 Å². The molecule has 2 atom stereocenters. The predicted octanol–water partition coefficient (Wildman–Crippen LogP) is 1.42. The van der Waals surface area contributed by atoms with Crippen LogP contribution in [0.15, 0.2) is 18.3 Å². The molecule has 1 aromatic heterocycles. The highest BCUT2D eigenvalue weighted by atomic mass is 16.3. The fraction of sp³-hybridized carbons (Fsp3) is 0.643. The van der Waals surface area contributed by atoms with Gasteiger partial charge < -0.3 is 10.0 Å². The largest absolute Gasteiger partial charge is 0.389 e. The third-order valence-electron chi connectivity index (χ3n) is 4.16. The van der Waals surface area contributed by atoms with Gasteiger partial charge in [0, 0.05) is 31.9 Å². The van der Waals surface area contributed by atoms with E-state index in [1.54, 1.807) is 13.1 Å². The van der Waals surface area contributed by atoms with Crippen LogP contribution < -0.4 is 4.90 Å². The molecule has 0 amide bonds. The van der Waals surface area contributed by atoms with Crippen molar-refractivity contribution in [2.75, 3.05) is 31.1 Å². The molecular formula is C14H21N3O. The zero-order valence-electron chi connectivity index (χ0n) is 10.9. The second-order valence-corrected chi connectivity index (χ2v) is 5.40. The van der Waals surface area contributed by atoms with Gasteiger partial charge in [0.1, 0.15) is 5.82 Å². The summed E-state index contributed by atoms with van der Waals surface area (Å²) in [5.74, 6) is 1.01. The lowest BCUT2D eigenvalue weighted by Gasteiger charge is -2.38. The van der Waals surface area contributed by atoms with Gasteiger partial charge in [-0.15, -0.1) is 0 Å². The molecule has 2 unspecified atom stereocenters. The summed E-state index contributed by atoms with van der Waals surface area (Å²) in [5.41, 5.74) is 0.953. The number of rotatable bonds is 2. The first-order chi connectivity index (χ1) is 8.74. The molecule has 0 spiro atoms. The fourth-order valence-electron chi connectivity index (χ4n) is 3.07. The lowest BCUT2D eigenvalue weighted by molar-refractivity contribution is 0.199. The van der Waals surface area contributed by atoms with Gasteiger partial charge in [0.15, 0.2) is 0 Å². The smallest absolute Gasteiger partial charge is 0.128 e. The Bertz CT molecular complexity index is 421. The summed E-state index contributed by atoms with van der Waals surface area (Å²) >= 11 is 0. The molecule has 98 valence electrons. The van der Waals surface area contributed by atoms with Crippen LogP contribution in [-0.2, 0) is 0 Å². The Hall–Kier alpha value is -1.13. The number of hydrogen-bond donors (Lipinski definition) is 1. The monoisotopic (exact) mass is 247 g/mol. The third kappa shape index (κ3) is 2.22. The Morgan fingerprint density at radius 1 is 1.39 bits per heavy atom. The van der Waals surface area contributed by atoms with E-state index in [-0.39, 0.29) is 0 Å². The van der Waals surface area contributed by atoms with Crippen LogP contribution in [-0.4, -0.2) is 47.2 Å².